The van der Waals surface area contributed by atoms with Crippen molar-refractivity contribution in [3.63, 3.8) is 0 Å². The Morgan fingerprint density at radius 1 is 0.867 bits per heavy atom. The zero-order valence-electron chi connectivity index (χ0n) is 15.5. The van der Waals surface area contributed by atoms with Crippen LogP contribution in [0.25, 0.3) is 22.6 Å². The van der Waals surface area contributed by atoms with Crippen molar-refractivity contribution in [2.75, 3.05) is 0 Å². The number of hydrogen-bond donors (Lipinski definition) is 1. The minimum Gasteiger partial charge on any atom is -0.440 e. The van der Waals surface area contributed by atoms with Crippen LogP contribution in [-0.2, 0) is 16.4 Å². The molecular formula is C22H16F2N2O3S. The van der Waals surface area contributed by atoms with Crippen LogP contribution >= 0.6 is 0 Å². The van der Waals surface area contributed by atoms with E-state index in [-0.39, 0.29) is 21.9 Å². The van der Waals surface area contributed by atoms with E-state index in [1.165, 1.54) is 24.3 Å². The molecule has 2 N–H and O–H groups in total. The highest BCUT2D eigenvalue weighted by atomic mass is 32.2. The fourth-order valence-electron chi connectivity index (χ4n) is 3.09. The van der Waals surface area contributed by atoms with Crippen LogP contribution < -0.4 is 5.14 Å². The Labute approximate surface area is 171 Å². The van der Waals surface area contributed by atoms with Crippen molar-refractivity contribution < 1.29 is 21.6 Å². The third kappa shape index (κ3) is 4.29. The zero-order chi connectivity index (χ0) is 21.3. The Morgan fingerprint density at radius 3 is 2.10 bits per heavy atom. The molecule has 3 aromatic carbocycles. The number of hydrogen-bond acceptors (Lipinski definition) is 4. The molecule has 0 aliphatic rings. The molecule has 0 radical (unpaired) electrons. The van der Waals surface area contributed by atoms with Gasteiger partial charge in [-0.2, -0.15) is 0 Å². The van der Waals surface area contributed by atoms with Crippen LogP contribution in [0.1, 0.15) is 11.5 Å². The smallest absolute Gasteiger partial charge is 0.238 e. The summed E-state index contributed by atoms with van der Waals surface area (Å²) < 4.78 is 56.6. The van der Waals surface area contributed by atoms with E-state index < -0.39 is 21.7 Å². The molecule has 0 amide bonds. The first-order valence-electron chi connectivity index (χ1n) is 8.93. The Balaban J connectivity index is 1.83. The topological polar surface area (TPSA) is 86.2 Å². The second-order valence-corrected chi connectivity index (χ2v) is 8.24. The van der Waals surface area contributed by atoms with Gasteiger partial charge >= 0.3 is 0 Å². The van der Waals surface area contributed by atoms with E-state index in [1.54, 1.807) is 0 Å². The van der Waals surface area contributed by atoms with Gasteiger partial charge < -0.3 is 4.42 Å². The summed E-state index contributed by atoms with van der Waals surface area (Å²) in [5, 5.41) is 5.14. The van der Waals surface area contributed by atoms with E-state index in [9.17, 15) is 17.2 Å². The van der Waals surface area contributed by atoms with Gasteiger partial charge in [-0.05, 0) is 42.0 Å². The van der Waals surface area contributed by atoms with Gasteiger partial charge in [-0.3, -0.25) is 0 Å². The highest BCUT2D eigenvalue weighted by Crippen LogP contribution is 2.34. The Morgan fingerprint density at radius 2 is 1.50 bits per heavy atom. The number of sulfonamides is 1. The zero-order valence-corrected chi connectivity index (χ0v) is 16.4. The number of aromatic nitrogens is 1. The van der Waals surface area contributed by atoms with Gasteiger partial charge in [0.2, 0.25) is 10.0 Å². The van der Waals surface area contributed by atoms with Gasteiger partial charge in [0.1, 0.15) is 17.3 Å². The molecule has 1 heterocycles. The summed E-state index contributed by atoms with van der Waals surface area (Å²) in [5.41, 5.74) is 1.91. The summed E-state index contributed by atoms with van der Waals surface area (Å²) in [7, 11) is -3.86. The van der Waals surface area contributed by atoms with Crippen LogP contribution in [-0.4, -0.2) is 13.4 Å². The molecule has 5 nitrogen and oxygen atoms in total. The van der Waals surface area contributed by atoms with E-state index in [0.29, 0.717) is 17.9 Å². The van der Waals surface area contributed by atoms with E-state index in [1.807, 2.05) is 30.3 Å². The number of rotatable bonds is 5. The molecule has 152 valence electrons. The monoisotopic (exact) mass is 426 g/mol. The lowest BCUT2D eigenvalue weighted by molar-refractivity contribution is 0.519. The van der Waals surface area contributed by atoms with Crippen molar-refractivity contribution in [1.29, 1.82) is 0 Å². The molecule has 8 heteroatoms. The molecule has 0 aliphatic heterocycles. The van der Waals surface area contributed by atoms with Crippen molar-refractivity contribution in [1.82, 2.24) is 4.98 Å². The van der Waals surface area contributed by atoms with Crippen LogP contribution in [0.5, 0.6) is 0 Å². The van der Waals surface area contributed by atoms with Crippen molar-refractivity contribution in [3.05, 3.63) is 95.9 Å². The first kappa shape index (κ1) is 19.9. The SMILES string of the molecule is NS(=O)(=O)c1ccc(-c2oc(Cc3ccccc3)nc2-c2cc(F)cc(F)c2)cc1. The van der Waals surface area contributed by atoms with Crippen molar-refractivity contribution in [3.8, 4) is 22.6 Å². The Kier molecular flexibility index (Phi) is 5.19. The first-order valence-corrected chi connectivity index (χ1v) is 10.5. The minimum atomic E-state index is -3.86. The first-order chi connectivity index (χ1) is 14.3. The standard InChI is InChI=1S/C22H16F2N2O3S/c23-17-11-16(12-18(24)13-17)21-22(15-6-8-19(9-7-15)30(25,27)28)29-20(26-21)10-14-4-2-1-3-5-14/h1-9,11-13H,10H2,(H2,25,27,28). The molecule has 0 unspecified atom stereocenters. The third-order valence-corrected chi connectivity index (χ3v) is 5.38. The fourth-order valence-corrected chi connectivity index (χ4v) is 3.60. The van der Waals surface area contributed by atoms with Crippen LogP contribution in [0, 0.1) is 11.6 Å². The fraction of sp³-hybridized carbons (Fsp3) is 0.0455. The van der Waals surface area contributed by atoms with Crippen LogP contribution in [0.4, 0.5) is 8.78 Å². The van der Waals surface area contributed by atoms with Crippen molar-refractivity contribution >= 4 is 10.0 Å². The molecule has 30 heavy (non-hydrogen) atoms. The molecule has 0 aliphatic carbocycles. The molecule has 0 spiro atoms. The number of primary sulfonamides is 1. The quantitative estimate of drug-likeness (QED) is 0.508. The number of halogens is 2. The molecule has 1 aromatic heterocycles. The second kappa shape index (κ2) is 7.81. The average molecular weight is 426 g/mol. The molecule has 0 bridgehead atoms. The van der Waals surface area contributed by atoms with Crippen LogP contribution in [0.2, 0.25) is 0 Å². The molecule has 4 rings (SSSR count). The molecule has 4 aromatic rings. The van der Waals surface area contributed by atoms with Crippen molar-refractivity contribution in [2.45, 2.75) is 11.3 Å². The van der Waals surface area contributed by atoms with E-state index in [0.717, 1.165) is 23.8 Å². The Bertz CT molecular complexity index is 1280. The van der Waals surface area contributed by atoms with E-state index in [4.69, 9.17) is 9.56 Å². The van der Waals surface area contributed by atoms with Gasteiger partial charge in [-0.25, -0.2) is 27.3 Å². The van der Waals surface area contributed by atoms with Gasteiger partial charge in [-0.1, -0.05) is 30.3 Å². The van der Waals surface area contributed by atoms with Crippen molar-refractivity contribution in [2.24, 2.45) is 5.14 Å². The van der Waals surface area contributed by atoms with Gasteiger partial charge in [-0.15, -0.1) is 0 Å². The largest absolute Gasteiger partial charge is 0.440 e. The summed E-state index contributed by atoms with van der Waals surface area (Å²) in [5.74, 6) is -0.862. The maximum Gasteiger partial charge on any atom is 0.238 e. The normalized spacial score (nSPS) is 11.6. The second-order valence-electron chi connectivity index (χ2n) is 6.68. The minimum absolute atomic E-state index is 0.0615. The average Bonchev–Trinajstić information content (AvgIpc) is 3.11. The third-order valence-electron chi connectivity index (χ3n) is 4.45. The van der Waals surface area contributed by atoms with Gasteiger partial charge in [0.25, 0.3) is 0 Å². The number of nitrogens with zero attached hydrogens (tertiary/aromatic N) is 1. The van der Waals surface area contributed by atoms with Gasteiger partial charge in [0.15, 0.2) is 11.7 Å². The maximum absolute atomic E-state index is 13.8. The molecule has 0 saturated heterocycles. The Hall–Kier alpha value is -3.36. The number of nitrogens with two attached hydrogens (primary N) is 1. The summed E-state index contributed by atoms with van der Waals surface area (Å²) in [6, 6.07) is 18.2. The summed E-state index contributed by atoms with van der Waals surface area (Å²) in [6.07, 6.45) is 0.376. The highest BCUT2D eigenvalue weighted by Gasteiger charge is 2.19. The van der Waals surface area contributed by atoms with E-state index >= 15 is 0 Å². The molecule has 0 fully saturated rings. The van der Waals surface area contributed by atoms with Crippen LogP contribution in [0.15, 0.2) is 82.1 Å². The summed E-state index contributed by atoms with van der Waals surface area (Å²) >= 11 is 0. The lowest BCUT2D eigenvalue weighted by atomic mass is 10.1. The highest BCUT2D eigenvalue weighted by molar-refractivity contribution is 7.89. The lowest BCUT2D eigenvalue weighted by Crippen LogP contribution is -2.11. The predicted octanol–water partition coefficient (Wildman–Crippen LogP) is 4.53. The van der Waals surface area contributed by atoms with Gasteiger partial charge in [0.05, 0.1) is 4.90 Å². The predicted molar refractivity (Wildman–Crippen MR) is 108 cm³/mol. The van der Waals surface area contributed by atoms with Crippen LogP contribution in [0.3, 0.4) is 0 Å². The maximum atomic E-state index is 13.8. The number of benzene rings is 3. The number of oxazole rings is 1. The molecule has 0 saturated carbocycles. The summed E-state index contributed by atoms with van der Waals surface area (Å²) in [4.78, 5) is 4.40. The summed E-state index contributed by atoms with van der Waals surface area (Å²) in [6.45, 7) is 0. The lowest BCUT2D eigenvalue weighted by Gasteiger charge is -2.04. The van der Waals surface area contributed by atoms with Gasteiger partial charge in [0, 0.05) is 23.6 Å². The molecular weight excluding hydrogens is 410 g/mol. The molecule has 0 atom stereocenters. The van der Waals surface area contributed by atoms with E-state index in [2.05, 4.69) is 4.98 Å².